The van der Waals surface area contributed by atoms with Gasteiger partial charge in [-0.2, -0.15) is 11.8 Å². The van der Waals surface area contributed by atoms with Crippen molar-refractivity contribution in [2.45, 2.75) is 32.0 Å². The van der Waals surface area contributed by atoms with Crippen molar-refractivity contribution in [2.75, 3.05) is 18.6 Å². The van der Waals surface area contributed by atoms with Gasteiger partial charge in [0.25, 0.3) is 0 Å². The van der Waals surface area contributed by atoms with Crippen molar-refractivity contribution >= 4 is 11.8 Å². The summed E-state index contributed by atoms with van der Waals surface area (Å²) in [5.41, 5.74) is 0.857. The highest BCUT2D eigenvalue weighted by atomic mass is 32.2. The summed E-state index contributed by atoms with van der Waals surface area (Å²) in [6.07, 6.45) is 1.93. The molecule has 1 unspecified atom stereocenters. The van der Waals surface area contributed by atoms with E-state index in [4.69, 9.17) is 9.47 Å². The molecule has 1 heterocycles. The summed E-state index contributed by atoms with van der Waals surface area (Å²) in [6.45, 7) is 1.75. The lowest BCUT2D eigenvalue weighted by Gasteiger charge is -2.24. The van der Waals surface area contributed by atoms with E-state index >= 15 is 0 Å². The largest absolute Gasteiger partial charge is 0.493 e. The highest BCUT2D eigenvalue weighted by Crippen LogP contribution is 2.33. The van der Waals surface area contributed by atoms with Gasteiger partial charge in [-0.1, -0.05) is 6.07 Å². The van der Waals surface area contributed by atoms with Crippen LogP contribution in [0.4, 0.5) is 0 Å². The first-order valence-electron chi connectivity index (χ1n) is 6.31. The fourth-order valence-electron chi connectivity index (χ4n) is 2.02. The lowest BCUT2D eigenvalue weighted by Crippen LogP contribution is -2.22. The third-order valence-corrected chi connectivity index (χ3v) is 4.18. The summed E-state index contributed by atoms with van der Waals surface area (Å²) in [7, 11) is 1.64. The SMILES string of the molecule is COc1ccc(C(C)O)cc1OC1CCSCC1. The quantitative estimate of drug-likeness (QED) is 0.911. The third kappa shape index (κ3) is 3.33. The van der Waals surface area contributed by atoms with E-state index in [-0.39, 0.29) is 6.10 Å². The van der Waals surface area contributed by atoms with Gasteiger partial charge in [0.2, 0.25) is 0 Å². The summed E-state index contributed by atoms with van der Waals surface area (Å²) < 4.78 is 11.3. The Balaban J connectivity index is 2.15. The molecule has 1 aromatic carbocycles. The van der Waals surface area contributed by atoms with Gasteiger partial charge < -0.3 is 14.6 Å². The van der Waals surface area contributed by atoms with Crippen LogP contribution in [0.2, 0.25) is 0 Å². The van der Waals surface area contributed by atoms with Crippen LogP contribution < -0.4 is 9.47 Å². The van der Waals surface area contributed by atoms with Crippen LogP contribution in [0, 0.1) is 0 Å². The molecule has 0 bridgehead atoms. The minimum atomic E-state index is -0.486. The Labute approximate surface area is 112 Å². The molecule has 1 atom stereocenters. The number of thioether (sulfide) groups is 1. The molecule has 2 rings (SSSR count). The Bertz CT molecular complexity index is 387. The zero-order valence-corrected chi connectivity index (χ0v) is 11.7. The molecule has 0 aromatic heterocycles. The van der Waals surface area contributed by atoms with Gasteiger partial charge in [-0.3, -0.25) is 0 Å². The van der Waals surface area contributed by atoms with E-state index < -0.39 is 6.10 Å². The average molecular weight is 268 g/mol. The summed E-state index contributed by atoms with van der Waals surface area (Å²) in [6, 6.07) is 5.60. The molecule has 1 fully saturated rings. The van der Waals surface area contributed by atoms with Gasteiger partial charge in [0, 0.05) is 0 Å². The molecule has 1 saturated heterocycles. The van der Waals surface area contributed by atoms with Crippen LogP contribution >= 0.6 is 11.8 Å². The minimum Gasteiger partial charge on any atom is -0.493 e. The molecule has 1 aliphatic rings. The molecule has 18 heavy (non-hydrogen) atoms. The molecular formula is C14H20O3S. The predicted octanol–water partition coefficient (Wildman–Crippen LogP) is 3.02. The van der Waals surface area contributed by atoms with Crippen LogP contribution in [0.5, 0.6) is 11.5 Å². The summed E-state index contributed by atoms with van der Waals surface area (Å²) in [4.78, 5) is 0. The lowest BCUT2D eigenvalue weighted by molar-refractivity contribution is 0.179. The first-order chi connectivity index (χ1) is 8.70. The van der Waals surface area contributed by atoms with Gasteiger partial charge in [0.1, 0.15) is 6.10 Å². The van der Waals surface area contributed by atoms with E-state index in [0.717, 1.165) is 41.4 Å². The van der Waals surface area contributed by atoms with E-state index in [1.807, 2.05) is 30.0 Å². The predicted molar refractivity (Wildman–Crippen MR) is 74.6 cm³/mol. The maximum absolute atomic E-state index is 9.62. The molecule has 4 heteroatoms. The second-order valence-electron chi connectivity index (χ2n) is 4.52. The fourth-order valence-corrected chi connectivity index (χ4v) is 3.08. The second-order valence-corrected chi connectivity index (χ2v) is 5.74. The van der Waals surface area contributed by atoms with Gasteiger partial charge >= 0.3 is 0 Å². The Hall–Kier alpha value is -0.870. The Kier molecular flexibility index (Phi) is 4.78. The van der Waals surface area contributed by atoms with Crippen molar-refractivity contribution < 1.29 is 14.6 Å². The topological polar surface area (TPSA) is 38.7 Å². The molecule has 0 spiro atoms. The summed E-state index contributed by atoms with van der Waals surface area (Å²) in [5, 5.41) is 9.62. The van der Waals surface area contributed by atoms with Gasteiger partial charge in [-0.15, -0.1) is 0 Å². The molecule has 1 N–H and O–H groups in total. The normalized spacial score (nSPS) is 18.4. The van der Waals surface area contributed by atoms with Crippen molar-refractivity contribution in [1.82, 2.24) is 0 Å². The van der Waals surface area contributed by atoms with Crippen molar-refractivity contribution in [3.63, 3.8) is 0 Å². The molecule has 0 aliphatic carbocycles. The molecule has 1 aromatic rings. The highest BCUT2D eigenvalue weighted by Gasteiger charge is 2.18. The van der Waals surface area contributed by atoms with Crippen molar-refractivity contribution in [2.24, 2.45) is 0 Å². The van der Waals surface area contributed by atoms with E-state index in [9.17, 15) is 5.11 Å². The Morgan fingerprint density at radius 1 is 1.28 bits per heavy atom. The van der Waals surface area contributed by atoms with E-state index in [2.05, 4.69) is 0 Å². The zero-order chi connectivity index (χ0) is 13.0. The van der Waals surface area contributed by atoms with Crippen LogP contribution in [0.3, 0.4) is 0 Å². The number of hydrogen-bond acceptors (Lipinski definition) is 4. The maximum Gasteiger partial charge on any atom is 0.161 e. The van der Waals surface area contributed by atoms with Gasteiger partial charge in [-0.25, -0.2) is 0 Å². The summed E-state index contributed by atoms with van der Waals surface area (Å²) in [5.74, 6) is 3.79. The monoisotopic (exact) mass is 268 g/mol. The highest BCUT2D eigenvalue weighted by molar-refractivity contribution is 7.99. The molecule has 0 amide bonds. The Morgan fingerprint density at radius 3 is 2.61 bits per heavy atom. The standard InChI is InChI=1S/C14H20O3S/c1-10(15)11-3-4-13(16-2)14(9-11)17-12-5-7-18-8-6-12/h3-4,9-10,12,15H,5-8H2,1-2H3. The van der Waals surface area contributed by atoms with Crippen LogP contribution in [-0.4, -0.2) is 29.8 Å². The van der Waals surface area contributed by atoms with Crippen LogP contribution in [0.15, 0.2) is 18.2 Å². The van der Waals surface area contributed by atoms with E-state index in [0.29, 0.717) is 0 Å². The average Bonchev–Trinajstić information content (AvgIpc) is 2.39. The first-order valence-corrected chi connectivity index (χ1v) is 7.46. The number of hydrogen-bond donors (Lipinski definition) is 1. The third-order valence-electron chi connectivity index (χ3n) is 3.13. The summed E-state index contributed by atoms with van der Waals surface area (Å²) >= 11 is 1.98. The van der Waals surface area contributed by atoms with Crippen molar-refractivity contribution in [3.8, 4) is 11.5 Å². The zero-order valence-electron chi connectivity index (χ0n) is 10.9. The maximum atomic E-state index is 9.62. The molecular weight excluding hydrogens is 248 g/mol. The number of methoxy groups -OCH3 is 1. The number of aliphatic hydroxyl groups excluding tert-OH is 1. The van der Waals surface area contributed by atoms with Gasteiger partial charge in [0.15, 0.2) is 11.5 Å². The fraction of sp³-hybridized carbons (Fsp3) is 0.571. The van der Waals surface area contributed by atoms with Crippen LogP contribution in [-0.2, 0) is 0 Å². The lowest BCUT2D eigenvalue weighted by atomic mass is 10.1. The number of benzene rings is 1. The van der Waals surface area contributed by atoms with E-state index in [1.54, 1.807) is 14.0 Å². The first kappa shape index (κ1) is 13.6. The van der Waals surface area contributed by atoms with Gasteiger partial charge in [0.05, 0.1) is 13.2 Å². The molecule has 0 saturated carbocycles. The van der Waals surface area contributed by atoms with Crippen molar-refractivity contribution in [1.29, 1.82) is 0 Å². The second kappa shape index (κ2) is 6.34. The number of aliphatic hydroxyl groups is 1. The minimum absolute atomic E-state index is 0.268. The smallest absolute Gasteiger partial charge is 0.161 e. The molecule has 1 aliphatic heterocycles. The van der Waals surface area contributed by atoms with E-state index in [1.165, 1.54) is 0 Å². The van der Waals surface area contributed by atoms with Crippen LogP contribution in [0.25, 0.3) is 0 Å². The van der Waals surface area contributed by atoms with Crippen LogP contribution in [0.1, 0.15) is 31.4 Å². The Morgan fingerprint density at radius 2 is 2.00 bits per heavy atom. The molecule has 3 nitrogen and oxygen atoms in total. The number of rotatable bonds is 4. The van der Waals surface area contributed by atoms with Crippen molar-refractivity contribution in [3.05, 3.63) is 23.8 Å². The molecule has 100 valence electrons. The molecule has 0 radical (unpaired) electrons. The van der Waals surface area contributed by atoms with Gasteiger partial charge in [-0.05, 0) is 49.0 Å². The number of ether oxygens (including phenoxy) is 2.